The van der Waals surface area contributed by atoms with Crippen LogP contribution in [0.3, 0.4) is 0 Å². The summed E-state index contributed by atoms with van der Waals surface area (Å²) >= 11 is 0. The molecule has 1 atom stereocenters. The maximum atomic E-state index is 14.1. The number of pyridine rings is 2. The maximum absolute atomic E-state index is 14.1. The first-order valence-electron chi connectivity index (χ1n) is 10.2. The number of alkyl halides is 2. The minimum Gasteiger partial charge on any atom is -0.333 e. The van der Waals surface area contributed by atoms with Crippen LogP contribution in [0.15, 0.2) is 47.4 Å². The largest absolute Gasteiger partial charge is 0.333 e. The summed E-state index contributed by atoms with van der Waals surface area (Å²) in [5.41, 5.74) is 0.825. The smallest absolute Gasteiger partial charge is 0.278 e. The number of hydrogen-bond acceptors (Lipinski definition) is 3. The van der Waals surface area contributed by atoms with Crippen LogP contribution in [0.2, 0.25) is 0 Å². The number of aromatic amines is 1. The Kier molecular flexibility index (Phi) is 4.97. The molecule has 4 heterocycles. The van der Waals surface area contributed by atoms with Crippen molar-refractivity contribution in [3.8, 4) is 0 Å². The third-order valence-corrected chi connectivity index (χ3v) is 6.08. The van der Waals surface area contributed by atoms with E-state index in [9.17, 15) is 27.2 Å². The summed E-state index contributed by atoms with van der Waals surface area (Å²) in [5, 5.41) is 3.32. The normalized spacial score (nSPS) is 15.9. The second-order valence-corrected chi connectivity index (χ2v) is 8.00. The van der Waals surface area contributed by atoms with Gasteiger partial charge in [-0.05, 0) is 35.7 Å². The zero-order valence-electron chi connectivity index (χ0n) is 17.3. The molecule has 0 fully saturated rings. The second-order valence-electron chi connectivity index (χ2n) is 8.00. The number of rotatable bonds is 3. The van der Waals surface area contributed by atoms with Crippen molar-refractivity contribution in [2.24, 2.45) is 0 Å². The number of nitrogens with zero attached hydrogens (tertiary/aromatic N) is 2. The number of nitrogens with one attached hydrogen (secondary N) is 2. The highest BCUT2D eigenvalue weighted by atomic mass is 19.3. The lowest BCUT2D eigenvalue weighted by molar-refractivity contribution is 0.0723. The monoisotopic (exact) mass is 458 g/mol. The number of halogens is 4. The molecule has 5 rings (SSSR count). The Morgan fingerprint density at radius 3 is 2.61 bits per heavy atom. The van der Waals surface area contributed by atoms with Crippen molar-refractivity contribution in [1.82, 2.24) is 19.6 Å². The van der Waals surface area contributed by atoms with Crippen LogP contribution >= 0.6 is 0 Å². The van der Waals surface area contributed by atoms with Gasteiger partial charge in [-0.2, -0.15) is 0 Å². The van der Waals surface area contributed by atoms with Gasteiger partial charge in [0, 0.05) is 43.1 Å². The van der Waals surface area contributed by atoms with Gasteiger partial charge in [-0.1, -0.05) is 6.07 Å². The predicted octanol–water partition coefficient (Wildman–Crippen LogP) is 3.91. The summed E-state index contributed by atoms with van der Waals surface area (Å²) in [5.74, 6) is -2.68. The molecule has 10 heteroatoms. The predicted molar refractivity (Wildman–Crippen MR) is 113 cm³/mol. The van der Waals surface area contributed by atoms with Crippen LogP contribution in [0, 0.1) is 11.6 Å². The Labute approximate surface area is 184 Å². The lowest BCUT2D eigenvalue weighted by Crippen LogP contribution is -2.42. The van der Waals surface area contributed by atoms with Gasteiger partial charge in [-0.15, -0.1) is 0 Å². The summed E-state index contributed by atoms with van der Waals surface area (Å²) in [4.78, 5) is 29.8. The molecule has 1 amide bonds. The molecule has 3 aromatic heterocycles. The molecule has 0 bridgehead atoms. The van der Waals surface area contributed by atoms with E-state index in [1.165, 1.54) is 40.7 Å². The molecule has 0 saturated heterocycles. The number of H-pyrrole nitrogens is 1. The van der Waals surface area contributed by atoms with Gasteiger partial charge in [0.25, 0.3) is 17.9 Å². The standard InChI is InChI=1S/C23H18F4N4O2/c1-30(23(33)11-5-12-3-2-4-18(21(26)27)31(12)10-11)19-9-28-8-17-20(19)13-6-15(24)16(25)7-14(13)22(32)29-17/h2-7,10,19,21,28H,8-9H2,1H3,(H,29,32)/t19-/m0/s1. The summed E-state index contributed by atoms with van der Waals surface area (Å²) in [6, 6.07) is 7.11. The van der Waals surface area contributed by atoms with Gasteiger partial charge in [-0.25, -0.2) is 17.6 Å². The van der Waals surface area contributed by atoms with Crippen LogP contribution in [-0.2, 0) is 6.54 Å². The lowest BCUT2D eigenvalue weighted by atomic mass is 9.93. The first-order valence-corrected chi connectivity index (χ1v) is 10.2. The Bertz CT molecular complexity index is 1480. The highest BCUT2D eigenvalue weighted by Crippen LogP contribution is 2.33. The Hall–Kier alpha value is -3.66. The van der Waals surface area contributed by atoms with E-state index in [0.717, 1.165) is 12.1 Å². The summed E-state index contributed by atoms with van der Waals surface area (Å²) in [6.07, 6.45) is -1.36. The molecule has 2 N–H and O–H groups in total. The minimum absolute atomic E-state index is 0.0171. The molecule has 0 spiro atoms. The van der Waals surface area contributed by atoms with Crippen LogP contribution in [0.25, 0.3) is 16.3 Å². The number of carbonyl (C=O) groups excluding carboxylic acids is 1. The molecule has 6 nitrogen and oxygen atoms in total. The van der Waals surface area contributed by atoms with Crippen molar-refractivity contribution in [1.29, 1.82) is 0 Å². The number of fused-ring (bicyclic) bond motifs is 4. The zero-order chi connectivity index (χ0) is 23.4. The first-order chi connectivity index (χ1) is 15.8. The van der Waals surface area contributed by atoms with Crippen molar-refractivity contribution >= 4 is 22.2 Å². The minimum atomic E-state index is -2.71. The van der Waals surface area contributed by atoms with Gasteiger partial charge in [0.05, 0.1) is 22.7 Å². The topological polar surface area (TPSA) is 69.6 Å². The van der Waals surface area contributed by atoms with Crippen LogP contribution in [0.4, 0.5) is 17.6 Å². The molecular weight excluding hydrogens is 440 g/mol. The van der Waals surface area contributed by atoms with E-state index in [0.29, 0.717) is 23.3 Å². The highest BCUT2D eigenvalue weighted by molar-refractivity contribution is 5.96. The summed E-state index contributed by atoms with van der Waals surface area (Å²) < 4.78 is 55.8. The van der Waals surface area contributed by atoms with Gasteiger partial charge in [0.15, 0.2) is 11.6 Å². The molecule has 4 aromatic rings. The average Bonchev–Trinajstić information content (AvgIpc) is 3.23. The third kappa shape index (κ3) is 3.37. The number of benzene rings is 1. The van der Waals surface area contributed by atoms with Gasteiger partial charge in [0.2, 0.25) is 0 Å². The number of hydrogen-bond donors (Lipinski definition) is 2. The average molecular weight is 458 g/mol. The molecule has 1 aliphatic heterocycles. The molecule has 170 valence electrons. The molecule has 0 radical (unpaired) electrons. The fourth-order valence-electron chi connectivity index (χ4n) is 4.48. The van der Waals surface area contributed by atoms with Crippen molar-refractivity contribution < 1.29 is 22.4 Å². The third-order valence-electron chi connectivity index (χ3n) is 6.08. The Morgan fingerprint density at radius 2 is 1.88 bits per heavy atom. The maximum Gasteiger partial charge on any atom is 0.278 e. The van der Waals surface area contributed by atoms with E-state index in [2.05, 4.69) is 10.3 Å². The van der Waals surface area contributed by atoms with Crippen molar-refractivity contribution in [2.75, 3.05) is 13.6 Å². The summed E-state index contributed by atoms with van der Waals surface area (Å²) in [6.45, 7) is 0.580. The number of likely N-dealkylation sites (N-methyl/N-ethyl adjacent to an activating group) is 1. The fourth-order valence-corrected chi connectivity index (χ4v) is 4.48. The van der Waals surface area contributed by atoms with Gasteiger partial charge in [0.1, 0.15) is 0 Å². The lowest BCUT2D eigenvalue weighted by Gasteiger charge is -2.34. The number of amides is 1. The molecule has 0 unspecified atom stereocenters. The van der Waals surface area contributed by atoms with Crippen LogP contribution < -0.4 is 10.9 Å². The van der Waals surface area contributed by atoms with E-state index in [4.69, 9.17) is 0 Å². The molecule has 0 saturated carbocycles. The molecule has 33 heavy (non-hydrogen) atoms. The van der Waals surface area contributed by atoms with E-state index >= 15 is 0 Å². The molecule has 1 aliphatic rings. The Balaban J connectivity index is 1.60. The van der Waals surface area contributed by atoms with Crippen LogP contribution in [0.1, 0.15) is 39.8 Å². The number of aromatic nitrogens is 2. The van der Waals surface area contributed by atoms with Gasteiger partial charge < -0.3 is 19.6 Å². The number of carbonyl (C=O) groups is 1. The van der Waals surface area contributed by atoms with Crippen LogP contribution in [-0.4, -0.2) is 33.8 Å². The van der Waals surface area contributed by atoms with Gasteiger partial charge in [-0.3, -0.25) is 9.59 Å². The molecular formula is C23H18F4N4O2. The van der Waals surface area contributed by atoms with Gasteiger partial charge >= 0.3 is 0 Å². The molecule has 0 aliphatic carbocycles. The van der Waals surface area contributed by atoms with Crippen molar-refractivity contribution in [3.63, 3.8) is 0 Å². The zero-order valence-corrected chi connectivity index (χ0v) is 17.3. The fraction of sp³-hybridized carbons (Fsp3) is 0.217. The highest BCUT2D eigenvalue weighted by Gasteiger charge is 2.31. The van der Waals surface area contributed by atoms with E-state index in [1.807, 2.05) is 0 Å². The Morgan fingerprint density at radius 1 is 1.15 bits per heavy atom. The first kappa shape index (κ1) is 21.2. The van der Waals surface area contributed by atoms with E-state index in [-0.39, 0.29) is 28.6 Å². The molecule has 1 aromatic carbocycles. The quantitative estimate of drug-likeness (QED) is 0.458. The van der Waals surface area contributed by atoms with E-state index < -0.39 is 35.6 Å². The van der Waals surface area contributed by atoms with Crippen molar-refractivity contribution in [2.45, 2.75) is 19.0 Å². The van der Waals surface area contributed by atoms with Crippen LogP contribution in [0.5, 0.6) is 0 Å². The van der Waals surface area contributed by atoms with Crippen molar-refractivity contribution in [3.05, 3.63) is 87.1 Å². The summed E-state index contributed by atoms with van der Waals surface area (Å²) in [7, 11) is 1.54. The second kappa shape index (κ2) is 7.73. The SMILES string of the molecule is CN(C(=O)c1cc2cccc(C(F)F)n2c1)[C@H]1CNCc2[nH]c(=O)c3cc(F)c(F)cc3c21. The van der Waals surface area contributed by atoms with E-state index in [1.54, 1.807) is 6.07 Å².